The molecule has 0 spiro atoms. The van der Waals surface area contributed by atoms with Gasteiger partial charge in [-0.2, -0.15) is 9.29 Å². The summed E-state index contributed by atoms with van der Waals surface area (Å²) in [5, 5.41) is 1.85. The summed E-state index contributed by atoms with van der Waals surface area (Å²) in [7, 11) is -2.26. The number of anilines is 1. The number of rotatable bonds is 13. The van der Waals surface area contributed by atoms with Crippen LogP contribution in [0.15, 0.2) is 114 Å². The molecule has 0 amide bonds. The van der Waals surface area contributed by atoms with Crippen LogP contribution in [0.5, 0.6) is 5.88 Å². The number of nitrogens with zero attached hydrogens (tertiary/aromatic N) is 6. The first-order valence-electron chi connectivity index (χ1n) is 17.4. The van der Waals surface area contributed by atoms with Gasteiger partial charge in [0, 0.05) is 56.9 Å². The highest BCUT2D eigenvalue weighted by molar-refractivity contribution is 7.89. The molecule has 0 aliphatic carbocycles. The van der Waals surface area contributed by atoms with Crippen LogP contribution in [0, 0.1) is 0 Å². The molecule has 2 saturated heterocycles. The zero-order valence-corrected chi connectivity index (χ0v) is 29.3. The highest BCUT2D eigenvalue weighted by Crippen LogP contribution is 2.38. The van der Waals surface area contributed by atoms with Gasteiger partial charge in [-0.1, -0.05) is 66.7 Å². The number of sulfonamides is 1. The van der Waals surface area contributed by atoms with Crippen LogP contribution in [0.2, 0.25) is 0 Å². The fraction of sp³-hybridized carbons (Fsp3) is 0.359. The monoisotopic (exact) mass is 692 g/mol. The van der Waals surface area contributed by atoms with E-state index >= 15 is 0 Å². The molecule has 10 nitrogen and oxygen atoms in total. The summed E-state index contributed by atoms with van der Waals surface area (Å²) in [4.78, 5) is 18.6. The van der Waals surface area contributed by atoms with Crippen molar-refractivity contribution in [3.63, 3.8) is 0 Å². The van der Waals surface area contributed by atoms with Crippen molar-refractivity contribution in [3.8, 4) is 5.88 Å². The molecule has 0 N–H and O–H groups in total. The number of benzene rings is 3. The van der Waals surface area contributed by atoms with Crippen molar-refractivity contribution in [2.45, 2.75) is 42.2 Å². The predicted molar refractivity (Wildman–Crippen MR) is 195 cm³/mol. The lowest BCUT2D eigenvalue weighted by Crippen LogP contribution is -2.45. The molecule has 0 radical (unpaired) electrons. The van der Waals surface area contributed by atoms with Gasteiger partial charge in [-0.15, -0.1) is 0 Å². The zero-order chi connectivity index (χ0) is 34.4. The Labute approximate surface area is 294 Å². The topological polar surface area (TPSA) is 101 Å². The van der Waals surface area contributed by atoms with E-state index in [2.05, 4.69) is 25.8 Å². The van der Waals surface area contributed by atoms with E-state index in [0.29, 0.717) is 31.5 Å². The van der Waals surface area contributed by atoms with Crippen LogP contribution in [0.4, 0.5) is 5.95 Å². The van der Waals surface area contributed by atoms with Crippen molar-refractivity contribution in [1.29, 1.82) is 0 Å². The molecule has 7 rings (SSSR count). The lowest BCUT2D eigenvalue weighted by atomic mass is 9.85. The summed E-state index contributed by atoms with van der Waals surface area (Å²) in [6.45, 7) is 5.41. The van der Waals surface area contributed by atoms with Crippen molar-refractivity contribution in [3.05, 3.63) is 121 Å². The quantitative estimate of drug-likeness (QED) is 0.146. The molecule has 11 heteroatoms. The normalized spacial score (nSPS) is 17.3. The summed E-state index contributed by atoms with van der Waals surface area (Å²) < 4.78 is 42.3. The summed E-state index contributed by atoms with van der Waals surface area (Å²) in [5.41, 5.74) is 1.51. The number of pyridine rings is 1. The third-order valence-corrected chi connectivity index (χ3v) is 11.9. The molecule has 2 aromatic heterocycles. The van der Waals surface area contributed by atoms with E-state index in [4.69, 9.17) is 14.5 Å². The number of hydrogen-bond donors (Lipinski definition) is 0. The van der Waals surface area contributed by atoms with Gasteiger partial charge in [-0.3, -0.25) is 4.98 Å². The average Bonchev–Trinajstić information content (AvgIpc) is 3.69. The van der Waals surface area contributed by atoms with Crippen molar-refractivity contribution < 1.29 is 17.9 Å². The third-order valence-electron chi connectivity index (χ3n) is 10.1. The van der Waals surface area contributed by atoms with Crippen LogP contribution in [0.3, 0.4) is 0 Å². The average molecular weight is 693 g/mol. The lowest BCUT2D eigenvalue weighted by molar-refractivity contribution is -0.0727. The number of fused-ring (bicyclic) bond motifs is 1. The maximum absolute atomic E-state index is 14.0. The van der Waals surface area contributed by atoms with Crippen molar-refractivity contribution in [2.75, 3.05) is 57.9 Å². The second-order valence-electron chi connectivity index (χ2n) is 13.1. The van der Waals surface area contributed by atoms with E-state index in [1.807, 2.05) is 72.9 Å². The maximum Gasteiger partial charge on any atom is 0.243 e. The Morgan fingerprint density at radius 1 is 0.860 bits per heavy atom. The summed E-state index contributed by atoms with van der Waals surface area (Å²) in [5.74, 6) is 0.964. The van der Waals surface area contributed by atoms with E-state index in [1.165, 1.54) is 17.1 Å². The molecule has 5 aromatic rings. The first kappa shape index (κ1) is 34.0. The molecule has 50 heavy (non-hydrogen) atoms. The lowest BCUT2D eigenvalue weighted by Gasteiger charge is -2.42. The fourth-order valence-electron chi connectivity index (χ4n) is 7.07. The second-order valence-corrected chi connectivity index (χ2v) is 15.1. The van der Waals surface area contributed by atoms with Crippen LogP contribution in [-0.4, -0.2) is 85.6 Å². The van der Waals surface area contributed by atoms with E-state index in [9.17, 15) is 8.42 Å². The highest BCUT2D eigenvalue weighted by Gasteiger charge is 2.38. The predicted octanol–water partition coefficient (Wildman–Crippen LogP) is 6.07. The largest absolute Gasteiger partial charge is 0.475 e. The first-order valence-corrected chi connectivity index (χ1v) is 18.8. The molecular formula is C39H44N6O4S. The fourth-order valence-corrected chi connectivity index (χ4v) is 8.44. The van der Waals surface area contributed by atoms with Crippen molar-refractivity contribution >= 4 is 26.7 Å². The molecular weight excluding hydrogens is 649 g/mol. The number of piperidine rings is 1. The molecule has 260 valence electrons. The summed E-state index contributed by atoms with van der Waals surface area (Å²) in [6, 6.07) is 27.7. The second kappa shape index (κ2) is 15.2. The van der Waals surface area contributed by atoms with Crippen LogP contribution in [0.25, 0.3) is 10.8 Å². The van der Waals surface area contributed by atoms with E-state index < -0.39 is 21.7 Å². The van der Waals surface area contributed by atoms with Crippen LogP contribution >= 0.6 is 0 Å². The number of likely N-dealkylation sites (tertiary alicyclic amines) is 1. The number of hydrogen-bond acceptors (Lipinski definition) is 9. The molecule has 2 fully saturated rings. The number of likely N-dealkylation sites (N-methyl/N-ethyl adjacent to an activating group) is 1. The van der Waals surface area contributed by atoms with Crippen LogP contribution < -0.4 is 9.64 Å². The molecule has 1 atom stereocenters. The molecule has 0 saturated carbocycles. The van der Waals surface area contributed by atoms with E-state index in [-0.39, 0.29) is 11.5 Å². The van der Waals surface area contributed by atoms with Gasteiger partial charge in [0.05, 0.1) is 23.1 Å². The van der Waals surface area contributed by atoms with Gasteiger partial charge in [0.2, 0.25) is 21.9 Å². The van der Waals surface area contributed by atoms with Crippen LogP contribution in [0.1, 0.15) is 42.9 Å². The maximum atomic E-state index is 14.0. The smallest absolute Gasteiger partial charge is 0.243 e. The van der Waals surface area contributed by atoms with Gasteiger partial charge in [-0.25, -0.2) is 13.4 Å². The van der Waals surface area contributed by atoms with Gasteiger partial charge in [-0.05, 0) is 73.3 Å². The molecule has 2 aliphatic rings. The standard InChI is InChI=1S/C39H44N6O4S/c1-43(50(46,47)35-16-15-31-10-5-6-13-33(31)28-35)36(32-11-3-2-4-12-32)30-48-37-17-21-41-38(42-37)45-24-18-39(19-25-45,34-14-9-20-40-29-34)49-27-26-44-22-7-8-23-44/h2-6,9-17,20-21,28-29,36H,7-8,18-19,22-27,30H2,1H3. The third kappa shape index (κ3) is 7.51. The Morgan fingerprint density at radius 3 is 2.38 bits per heavy atom. The Bertz CT molecular complexity index is 1970. The zero-order valence-electron chi connectivity index (χ0n) is 28.5. The molecule has 2 aliphatic heterocycles. The molecule has 3 aromatic carbocycles. The van der Waals surface area contributed by atoms with E-state index in [0.717, 1.165) is 54.4 Å². The number of ether oxygens (including phenoxy) is 2. The Balaban J connectivity index is 1.05. The van der Waals surface area contributed by atoms with Crippen molar-refractivity contribution in [1.82, 2.24) is 24.2 Å². The van der Waals surface area contributed by atoms with Gasteiger partial charge >= 0.3 is 0 Å². The molecule has 1 unspecified atom stereocenters. The highest BCUT2D eigenvalue weighted by atomic mass is 32.2. The minimum absolute atomic E-state index is 0.0682. The Hall–Kier alpha value is -4.42. The Morgan fingerprint density at radius 2 is 1.62 bits per heavy atom. The number of aromatic nitrogens is 3. The minimum atomic E-state index is -3.86. The SMILES string of the molecule is CN(C(COc1ccnc(N2CCC(OCCN3CCCC3)(c3cccnc3)CC2)n1)c1ccccc1)S(=O)(=O)c1ccc2ccccc2c1. The van der Waals surface area contributed by atoms with E-state index in [1.54, 1.807) is 37.6 Å². The van der Waals surface area contributed by atoms with Gasteiger partial charge in [0.15, 0.2) is 0 Å². The Kier molecular flexibility index (Phi) is 10.4. The summed E-state index contributed by atoms with van der Waals surface area (Å²) >= 11 is 0. The molecule has 4 heterocycles. The van der Waals surface area contributed by atoms with Crippen molar-refractivity contribution in [2.24, 2.45) is 0 Å². The minimum Gasteiger partial charge on any atom is -0.475 e. The van der Waals surface area contributed by atoms with Crippen LogP contribution in [-0.2, 0) is 20.4 Å². The van der Waals surface area contributed by atoms with Gasteiger partial charge in [0.25, 0.3) is 0 Å². The molecule has 0 bridgehead atoms. The first-order chi connectivity index (χ1) is 24.4. The van der Waals surface area contributed by atoms with Gasteiger partial charge in [0.1, 0.15) is 6.61 Å². The van der Waals surface area contributed by atoms with Gasteiger partial charge < -0.3 is 19.3 Å². The summed E-state index contributed by atoms with van der Waals surface area (Å²) in [6.07, 6.45) is 9.51.